The maximum atomic E-state index is 12.9. The molecule has 21 heavy (non-hydrogen) atoms. The summed E-state index contributed by atoms with van der Waals surface area (Å²) in [7, 11) is 0. The second-order valence-corrected chi connectivity index (χ2v) is 8.49. The molecule has 5 fully saturated rings. The van der Waals surface area contributed by atoms with Crippen LogP contribution in [0.25, 0.3) is 0 Å². The first-order chi connectivity index (χ1) is 10.1. The Balaban J connectivity index is 1.41. The van der Waals surface area contributed by atoms with Gasteiger partial charge in [0.25, 0.3) is 0 Å². The van der Waals surface area contributed by atoms with Crippen LogP contribution in [-0.2, 0) is 9.53 Å². The molecule has 3 unspecified atom stereocenters. The van der Waals surface area contributed by atoms with Gasteiger partial charge in [-0.15, -0.1) is 0 Å². The molecule has 1 heterocycles. The molecule has 5 aliphatic rings. The third-order valence-electron chi connectivity index (χ3n) is 6.34. The first kappa shape index (κ1) is 14.0. The lowest BCUT2D eigenvalue weighted by molar-refractivity contribution is -0.155. The number of nitrogens with one attached hydrogen (secondary N) is 2. The van der Waals surface area contributed by atoms with E-state index in [0.29, 0.717) is 17.9 Å². The van der Waals surface area contributed by atoms with Gasteiger partial charge in [0.05, 0.1) is 18.6 Å². The maximum Gasteiger partial charge on any atom is 0.226 e. The number of carbonyl (C=O) groups excluding carboxylic acids is 1. The summed E-state index contributed by atoms with van der Waals surface area (Å²) >= 11 is 0. The van der Waals surface area contributed by atoms with Crippen LogP contribution in [0.3, 0.4) is 0 Å². The Bertz CT molecular complexity index is 417. The second-order valence-electron chi connectivity index (χ2n) is 8.49. The smallest absolute Gasteiger partial charge is 0.226 e. The zero-order chi connectivity index (χ0) is 14.5. The average molecular weight is 292 g/mol. The molecular formula is C17H28N2O2. The van der Waals surface area contributed by atoms with Crippen LogP contribution in [0.5, 0.6) is 0 Å². The van der Waals surface area contributed by atoms with Gasteiger partial charge >= 0.3 is 0 Å². The lowest BCUT2D eigenvalue weighted by Crippen LogP contribution is -2.58. The zero-order valence-corrected chi connectivity index (χ0v) is 13.1. The third-order valence-corrected chi connectivity index (χ3v) is 6.34. The largest absolute Gasteiger partial charge is 0.378 e. The van der Waals surface area contributed by atoms with E-state index >= 15 is 0 Å². The number of amides is 1. The number of hydrogen-bond donors (Lipinski definition) is 2. The average Bonchev–Trinajstić information content (AvgIpc) is 2.43. The Morgan fingerprint density at radius 3 is 2.67 bits per heavy atom. The van der Waals surface area contributed by atoms with E-state index in [2.05, 4.69) is 17.6 Å². The summed E-state index contributed by atoms with van der Waals surface area (Å²) in [6.07, 6.45) is 7.49. The van der Waals surface area contributed by atoms with Gasteiger partial charge in [0, 0.05) is 19.1 Å². The highest BCUT2D eigenvalue weighted by Crippen LogP contribution is 2.65. The van der Waals surface area contributed by atoms with E-state index < -0.39 is 0 Å². The van der Waals surface area contributed by atoms with Gasteiger partial charge in [-0.3, -0.25) is 4.79 Å². The summed E-state index contributed by atoms with van der Waals surface area (Å²) in [5.41, 5.74) is 0.391. The monoisotopic (exact) mass is 292 g/mol. The predicted octanol–water partition coefficient (Wildman–Crippen LogP) is 1.70. The van der Waals surface area contributed by atoms with E-state index in [1.54, 1.807) is 0 Å². The Morgan fingerprint density at radius 2 is 2.05 bits per heavy atom. The number of hydrogen-bond acceptors (Lipinski definition) is 3. The van der Waals surface area contributed by atoms with Crippen molar-refractivity contribution in [2.75, 3.05) is 26.3 Å². The topological polar surface area (TPSA) is 50.4 Å². The van der Waals surface area contributed by atoms with Gasteiger partial charge in [0.1, 0.15) is 0 Å². The summed E-state index contributed by atoms with van der Waals surface area (Å²) < 4.78 is 5.47. The van der Waals surface area contributed by atoms with Crippen LogP contribution in [0, 0.1) is 22.7 Å². The van der Waals surface area contributed by atoms with Crippen LogP contribution in [0.15, 0.2) is 0 Å². The Morgan fingerprint density at radius 1 is 1.29 bits per heavy atom. The lowest BCUT2D eigenvalue weighted by Gasteiger charge is -2.60. The number of carbonyl (C=O) groups is 1. The number of morpholine rings is 1. The fourth-order valence-electron chi connectivity index (χ4n) is 6.14. The molecular weight excluding hydrogens is 264 g/mol. The van der Waals surface area contributed by atoms with Gasteiger partial charge in [0.2, 0.25) is 5.91 Å². The molecule has 1 amide bonds. The molecule has 0 aromatic rings. The molecule has 0 aromatic heterocycles. The van der Waals surface area contributed by atoms with Gasteiger partial charge < -0.3 is 15.4 Å². The fourth-order valence-corrected chi connectivity index (χ4v) is 6.14. The minimum atomic E-state index is -0.0473. The maximum absolute atomic E-state index is 12.9. The number of ether oxygens (including phenoxy) is 1. The molecule has 0 radical (unpaired) electrons. The van der Waals surface area contributed by atoms with Crippen molar-refractivity contribution < 1.29 is 9.53 Å². The van der Waals surface area contributed by atoms with Crippen molar-refractivity contribution in [3.8, 4) is 0 Å². The molecule has 1 aliphatic heterocycles. The SMILES string of the molecule is CC12CC3CC(C1)CC(C(=O)NCC1COCCN1)(C3)C2. The molecule has 0 aromatic carbocycles. The van der Waals surface area contributed by atoms with Crippen LogP contribution < -0.4 is 10.6 Å². The van der Waals surface area contributed by atoms with E-state index in [4.69, 9.17) is 4.74 Å². The fraction of sp³-hybridized carbons (Fsp3) is 0.941. The van der Waals surface area contributed by atoms with E-state index in [0.717, 1.165) is 50.9 Å². The molecule has 4 bridgehead atoms. The Kier molecular flexibility index (Phi) is 3.30. The highest BCUT2D eigenvalue weighted by atomic mass is 16.5. The highest BCUT2D eigenvalue weighted by Gasteiger charge is 2.58. The Hall–Kier alpha value is -0.610. The second kappa shape index (κ2) is 4.95. The zero-order valence-electron chi connectivity index (χ0n) is 13.1. The molecule has 1 saturated heterocycles. The minimum absolute atomic E-state index is 0.0473. The standard InChI is InChI=1S/C17H28N2O2/c1-16-5-12-4-13(6-16)8-17(7-12,11-16)15(20)19-9-14-10-21-3-2-18-14/h12-14,18H,2-11H2,1H3,(H,19,20). The van der Waals surface area contributed by atoms with Crippen molar-refractivity contribution in [1.29, 1.82) is 0 Å². The van der Waals surface area contributed by atoms with Crippen LogP contribution in [0.4, 0.5) is 0 Å². The summed E-state index contributed by atoms with van der Waals surface area (Å²) in [6.45, 7) is 5.54. The van der Waals surface area contributed by atoms with E-state index in [9.17, 15) is 4.79 Å². The quantitative estimate of drug-likeness (QED) is 0.832. The van der Waals surface area contributed by atoms with Crippen molar-refractivity contribution in [1.82, 2.24) is 10.6 Å². The molecule has 5 rings (SSSR count). The molecule has 4 heteroatoms. The Labute approximate surface area is 127 Å². The van der Waals surface area contributed by atoms with Crippen molar-refractivity contribution in [2.24, 2.45) is 22.7 Å². The highest BCUT2D eigenvalue weighted by molar-refractivity contribution is 5.83. The first-order valence-electron chi connectivity index (χ1n) is 8.66. The minimum Gasteiger partial charge on any atom is -0.378 e. The molecule has 4 saturated carbocycles. The predicted molar refractivity (Wildman–Crippen MR) is 80.8 cm³/mol. The van der Waals surface area contributed by atoms with E-state index in [-0.39, 0.29) is 11.5 Å². The lowest BCUT2D eigenvalue weighted by atomic mass is 9.44. The van der Waals surface area contributed by atoms with Gasteiger partial charge in [-0.25, -0.2) is 0 Å². The van der Waals surface area contributed by atoms with Crippen LogP contribution >= 0.6 is 0 Å². The summed E-state index contributed by atoms with van der Waals surface area (Å²) in [5, 5.41) is 6.66. The molecule has 3 atom stereocenters. The number of rotatable bonds is 3. The third kappa shape index (κ3) is 2.50. The summed E-state index contributed by atoms with van der Waals surface area (Å²) in [6, 6.07) is 0.284. The van der Waals surface area contributed by atoms with Crippen molar-refractivity contribution in [3.63, 3.8) is 0 Å². The van der Waals surface area contributed by atoms with Gasteiger partial charge in [-0.1, -0.05) is 6.92 Å². The van der Waals surface area contributed by atoms with Crippen LogP contribution in [-0.4, -0.2) is 38.3 Å². The van der Waals surface area contributed by atoms with Crippen LogP contribution in [0.1, 0.15) is 45.4 Å². The van der Waals surface area contributed by atoms with Gasteiger partial charge in [0.15, 0.2) is 0 Å². The van der Waals surface area contributed by atoms with E-state index in [1.165, 1.54) is 19.3 Å². The normalized spacial score (nSPS) is 48.3. The summed E-state index contributed by atoms with van der Waals surface area (Å²) in [5.74, 6) is 1.94. The first-order valence-corrected chi connectivity index (χ1v) is 8.66. The molecule has 4 aliphatic carbocycles. The van der Waals surface area contributed by atoms with Crippen molar-refractivity contribution in [3.05, 3.63) is 0 Å². The molecule has 4 nitrogen and oxygen atoms in total. The van der Waals surface area contributed by atoms with Gasteiger partial charge in [-0.2, -0.15) is 0 Å². The molecule has 0 spiro atoms. The van der Waals surface area contributed by atoms with Crippen molar-refractivity contribution >= 4 is 5.91 Å². The van der Waals surface area contributed by atoms with Crippen LogP contribution in [0.2, 0.25) is 0 Å². The van der Waals surface area contributed by atoms with Gasteiger partial charge in [-0.05, 0) is 55.8 Å². The molecule has 2 N–H and O–H groups in total. The summed E-state index contributed by atoms with van der Waals surface area (Å²) in [4.78, 5) is 12.9. The van der Waals surface area contributed by atoms with E-state index in [1.807, 2.05) is 0 Å². The van der Waals surface area contributed by atoms with Crippen molar-refractivity contribution in [2.45, 2.75) is 51.5 Å². The molecule has 118 valence electrons.